The van der Waals surface area contributed by atoms with Crippen molar-refractivity contribution in [3.8, 4) is 0 Å². The summed E-state index contributed by atoms with van der Waals surface area (Å²) in [7, 11) is 0. The average Bonchev–Trinajstić information content (AvgIpc) is 3.28. The maximum absolute atomic E-state index is 13.1. The molecule has 8 nitrogen and oxygen atoms in total. The maximum atomic E-state index is 13.1. The molecular weight excluding hydrogens is 489 g/mol. The molecule has 0 spiro atoms. The molecule has 3 amide bonds. The minimum atomic E-state index is -0.696. The van der Waals surface area contributed by atoms with E-state index in [9.17, 15) is 14.4 Å². The Morgan fingerprint density at radius 2 is 1.77 bits per heavy atom. The highest BCUT2D eigenvalue weighted by molar-refractivity contribution is 5.98. The van der Waals surface area contributed by atoms with Crippen molar-refractivity contribution < 1.29 is 14.4 Å². The largest absolute Gasteiger partial charge is 0.351 e. The van der Waals surface area contributed by atoms with Gasteiger partial charge in [0.1, 0.15) is 6.04 Å². The van der Waals surface area contributed by atoms with Gasteiger partial charge >= 0.3 is 0 Å². The third-order valence-electron chi connectivity index (χ3n) is 5.97. The Labute approximate surface area is 219 Å². The minimum Gasteiger partial charge on any atom is -0.351 e. The Bertz CT molecular complexity index is 990. The minimum absolute atomic E-state index is 0. The summed E-state index contributed by atoms with van der Waals surface area (Å²) in [6, 6.07) is 14.3. The van der Waals surface area contributed by atoms with Gasteiger partial charge in [0.25, 0.3) is 0 Å². The van der Waals surface area contributed by atoms with Gasteiger partial charge in [-0.15, -0.1) is 24.8 Å². The standard InChI is InChI=1S/C25H33N5O3.2ClH/c1-16-8-10-19(12-17(16)2)29-24(32)21(11-9-18-6-4-3-5-7-18)30-25(33)22-13-20(15-27-22)28-23(31)14-26;;/h3-8,10,12,20-22,27H,9,11,13-15,26H2,1-2H3,(H,28,31)(H,29,32)(H,30,33);2*1H/t20-,21-,22+;;/m1../s1. The Kier molecular flexibility index (Phi) is 12.7. The molecule has 3 rings (SSSR count). The van der Waals surface area contributed by atoms with Crippen LogP contribution in [0.3, 0.4) is 0 Å². The first-order chi connectivity index (χ1) is 15.9. The van der Waals surface area contributed by atoms with Gasteiger partial charge < -0.3 is 27.0 Å². The van der Waals surface area contributed by atoms with Crippen LogP contribution in [-0.2, 0) is 20.8 Å². The van der Waals surface area contributed by atoms with Gasteiger partial charge in [0.15, 0.2) is 0 Å². The van der Waals surface area contributed by atoms with Crippen LogP contribution in [0, 0.1) is 13.8 Å². The zero-order valence-corrected chi connectivity index (χ0v) is 21.6. The highest BCUT2D eigenvalue weighted by Crippen LogP contribution is 2.16. The van der Waals surface area contributed by atoms with E-state index in [1.165, 1.54) is 0 Å². The number of hydrogen-bond donors (Lipinski definition) is 5. The highest BCUT2D eigenvalue weighted by atomic mass is 35.5. The smallest absolute Gasteiger partial charge is 0.246 e. The second-order valence-electron chi connectivity index (χ2n) is 8.54. The van der Waals surface area contributed by atoms with Crippen molar-refractivity contribution in [3.05, 3.63) is 65.2 Å². The lowest BCUT2D eigenvalue weighted by molar-refractivity contribution is -0.127. The molecule has 1 heterocycles. The van der Waals surface area contributed by atoms with E-state index in [2.05, 4.69) is 21.3 Å². The molecule has 0 saturated carbocycles. The number of nitrogens with two attached hydrogens (primary N) is 1. The molecule has 1 saturated heterocycles. The molecular formula is C25H35Cl2N5O3. The predicted octanol–water partition coefficient (Wildman–Crippen LogP) is 2.01. The summed E-state index contributed by atoms with van der Waals surface area (Å²) < 4.78 is 0. The zero-order valence-electron chi connectivity index (χ0n) is 20.0. The predicted molar refractivity (Wildman–Crippen MR) is 143 cm³/mol. The van der Waals surface area contributed by atoms with Gasteiger partial charge in [0, 0.05) is 18.3 Å². The van der Waals surface area contributed by atoms with Gasteiger partial charge in [-0.3, -0.25) is 14.4 Å². The number of halogens is 2. The van der Waals surface area contributed by atoms with Gasteiger partial charge in [0.2, 0.25) is 17.7 Å². The molecule has 1 aliphatic heterocycles. The third-order valence-corrected chi connectivity index (χ3v) is 5.97. The van der Waals surface area contributed by atoms with Gasteiger partial charge in [-0.25, -0.2) is 0 Å². The first-order valence-corrected chi connectivity index (χ1v) is 11.3. The fraction of sp³-hybridized carbons (Fsp3) is 0.400. The highest BCUT2D eigenvalue weighted by Gasteiger charge is 2.32. The van der Waals surface area contributed by atoms with Crippen molar-refractivity contribution in [2.75, 3.05) is 18.4 Å². The summed E-state index contributed by atoms with van der Waals surface area (Å²) >= 11 is 0. The van der Waals surface area contributed by atoms with Gasteiger partial charge in [-0.05, 0) is 61.9 Å². The van der Waals surface area contributed by atoms with Crippen molar-refractivity contribution in [2.24, 2.45) is 5.73 Å². The Balaban J connectivity index is 0.00000306. The lowest BCUT2D eigenvalue weighted by Gasteiger charge is -2.21. The van der Waals surface area contributed by atoms with Crippen molar-refractivity contribution >= 4 is 48.2 Å². The molecule has 3 atom stereocenters. The van der Waals surface area contributed by atoms with E-state index in [4.69, 9.17) is 5.73 Å². The Morgan fingerprint density at radius 1 is 1.06 bits per heavy atom. The van der Waals surface area contributed by atoms with E-state index in [1.807, 2.05) is 62.4 Å². The lowest BCUT2D eigenvalue weighted by atomic mass is 10.0. The molecule has 6 N–H and O–H groups in total. The summed E-state index contributed by atoms with van der Waals surface area (Å²) in [5.41, 5.74) is 9.37. The number of anilines is 1. The molecule has 35 heavy (non-hydrogen) atoms. The fourth-order valence-corrected chi connectivity index (χ4v) is 3.88. The van der Waals surface area contributed by atoms with Crippen LogP contribution in [-0.4, -0.2) is 48.9 Å². The van der Waals surface area contributed by atoms with E-state index >= 15 is 0 Å². The van der Waals surface area contributed by atoms with Crippen LogP contribution in [0.4, 0.5) is 5.69 Å². The molecule has 0 aromatic heterocycles. The average molecular weight is 524 g/mol. The SMILES string of the molecule is Cc1ccc(NC(=O)[C@@H](CCc2ccccc2)NC(=O)[C@@H]2C[C@@H](NC(=O)CN)CN2)cc1C.Cl.Cl. The summed E-state index contributed by atoms with van der Waals surface area (Å²) in [4.78, 5) is 37.6. The molecule has 2 aromatic rings. The van der Waals surface area contributed by atoms with Crippen LogP contribution >= 0.6 is 24.8 Å². The molecule has 1 fully saturated rings. The van der Waals surface area contributed by atoms with Crippen LogP contribution < -0.4 is 27.0 Å². The third kappa shape index (κ3) is 9.14. The van der Waals surface area contributed by atoms with E-state index in [0.717, 1.165) is 16.7 Å². The number of carbonyl (C=O) groups is 3. The van der Waals surface area contributed by atoms with Gasteiger partial charge in [-0.1, -0.05) is 36.4 Å². The number of hydrogen-bond acceptors (Lipinski definition) is 5. The maximum Gasteiger partial charge on any atom is 0.246 e. The van der Waals surface area contributed by atoms with E-state index in [1.54, 1.807) is 0 Å². The number of carbonyl (C=O) groups excluding carboxylic acids is 3. The van der Waals surface area contributed by atoms with Crippen LogP contribution in [0.25, 0.3) is 0 Å². The molecule has 2 aromatic carbocycles. The number of benzene rings is 2. The van der Waals surface area contributed by atoms with E-state index < -0.39 is 12.1 Å². The normalized spacial score (nSPS) is 17.3. The zero-order chi connectivity index (χ0) is 23.8. The van der Waals surface area contributed by atoms with E-state index in [-0.39, 0.29) is 55.1 Å². The van der Waals surface area contributed by atoms with Crippen LogP contribution in [0.15, 0.2) is 48.5 Å². The van der Waals surface area contributed by atoms with Gasteiger partial charge in [-0.2, -0.15) is 0 Å². The van der Waals surface area contributed by atoms with Crippen molar-refractivity contribution in [1.29, 1.82) is 0 Å². The van der Waals surface area contributed by atoms with Crippen molar-refractivity contribution in [3.63, 3.8) is 0 Å². The molecule has 0 unspecified atom stereocenters. The monoisotopic (exact) mass is 523 g/mol. The van der Waals surface area contributed by atoms with Crippen molar-refractivity contribution in [1.82, 2.24) is 16.0 Å². The molecule has 1 aliphatic rings. The molecule has 192 valence electrons. The first kappa shape index (κ1) is 30.4. The summed E-state index contributed by atoms with van der Waals surface area (Å²) in [5.74, 6) is -0.766. The lowest BCUT2D eigenvalue weighted by Crippen LogP contribution is -2.50. The Morgan fingerprint density at radius 3 is 2.43 bits per heavy atom. The fourth-order valence-electron chi connectivity index (χ4n) is 3.88. The second kappa shape index (κ2) is 14.7. The second-order valence-corrected chi connectivity index (χ2v) is 8.54. The van der Waals surface area contributed by atoms with Crippen molar-refractivity contribution in [2.45, 2.75) is 51.2 Å². The van der Waals surface area contributed by atoms with Crippen LogP contribution in [0.1, 0.15) is 29.5 Å². The first-order valence-electron chi connectivity index (χ1n) is 11.3. The van der Waals surface area contributed by atoms with E-state index in [0.29, 0.717) is 31.5 Å². The number of rotatable bonds is 9. The van der Waals surface area contributed by atoms with Crippen LogP contribution in [0.2, 0.25) is 0 Å². The quantitative estimate of drug-likeness (QED) is 0.343. The number of aryl methyl sites for hydroxylation is 3. The summed E-state index contributed by atoms with van der Waals surface area (Å²) in [6.07, 6.45) is 1.56. The Hall–Kier alpha value is -2.65. The topological polar surface area (TPSA) is 125 Å². The number of amides is 3. The summed E-state index contributed by atoms with van der Waals surface area (Å²) in [6.45, 7) is 4.40. The van der Waals surface area contributed by atoms with Gasteiger partial charge in [0.05, 0.1) is 12.6 Å². The summed E-state index contributed by atoms with van der Waals surface area (Å²) in [5, 5.41) is 11.8. The van der Waals surface area contributed by atoms with Crippen LogP contribution in [0.5, 0.6) is 0 Å². The molecule has 0 radical (unpaired) electrons. The number of nitrogens with one attached hydrogen (secondary N) is 4. The molecule has 0 bridgehead atoms. The molecule has 10 heteroatoms. The molecule has 0 aliphatic carbocycles.